The van der Waals surface area contributed by atoms with E-state index in [2.05, 4.69) is 0 Å². The van der Waals surface area contributed by atoms with Gasteiger partial charge in [-0.1, -0.05) is 6.92 Å². The third-order valence-corrected chi connectivity index (χ3v) is 2.13. The van der Waals surface area contributed by atoms with E-state index < -0.39 is 11.6 Å². The maximum Gasteiger partial charge on any atom is 0.335 e. The normalized spacial score (nSPS) is 20.8. The van der Waals surface area contributed by atoms with Gasteiger partial charge in [0.1, 0.15) is 0 Å². The van der Waals surface area contributed by atoms with Crippen molar-refractivity contribution in [1.29, 1.82) is 0 Å². The highest BCUT2D eigenvalue weighted by Crippen LogP contribution is 2.35. The molecule has 0 unspecified atom stereocenters. The van der Waals surface area contributed by atoms with E-state index in [1.54, 1.807) is 0 Å². The lowest BCUT2D eigenvalue weighted by atomic mass is 9.80. The minimum Gasteiger partial charge on any atom is -0.479 e. The summed E-state index contributed by atoms with van der Waals surface area (Å²) in [7, 11) is 0. The quantitative estimate of drug-likeness (QED) is 0.673. The number of carboxylic acids is 1. The van der Waals surface area contributed by atoms with Gasteiger partial charge in [-0.25, -0.2) is 4.79 Å². The van der Waals surface area contributed by atoms with E-state index in [9.17, 15) is 4.79 Å². The van der Waals surface area contributed by atoms with E-state index in [-0.39, 0.29) is 0 Å². The predicted molar refractivity (Wildman–Crippen MR) is 40.5 cm³/mol. The minimum absolute atomic E-state index is 0.562. The van der Waals surface area contributed by atoms with Crippen molar-refractivity contribution in [3.8, 4) is 0 Å². The summed E-state index contributed by atoms with van der Waals surface area (Å²) in [4.78, 5) is 10.7. The number of aliphatic carboxylic acids is 1. The molecule has 0 aromatic rings. The Kier molecular flexibility index (Phi) is 2.49. The molecule has 0 saturated heterocycles. The molecular formula is C8H14O3. The summed E-state index contributed by atoms with van der Waals surface area (Å²) in [6.45, 7) is 2.54. The molecule has 1 rings (SSSR count). The molecule has 0 aliphatic heterocycles. The van der Waals surface area contributed by atoms with Gasteiger partial charge < -0.3 is 9.84 Å². The first-order valence-corrected chi connectivity index (χ1v) is 4.08. The number of hydrogen-bond acceptors (Lipinski definition) is 2. The Morgan fingerprint density at radius 3 is 2.55 bits per heavy atom. The molecule has 3 heteroatoms. The monoisotopic (exact) mass is 158 g/mol. The van der Waals surface area contributed by atoms with Crippen LogP contribution in [0.3, 0.4) is 0 Å². The molecule has 0 aromatic heterocycles. The second-order valence-corrected chi connectivity index (χ2v) is 3.00. The van der Waals surface area contributed by atoms with Crippen molar-refractivity contribution in [3.05, 3.63) is 0 Å². The zero-order chi connectivity index (χ0) is 8.32. The van der Waals surface area contributed by atoms with Crippen LogP contribution in [0.2, 0.25) is 0 Å². The summed E-state index contributed by atoms with van der Waals surface area (Å²) in [6, 6.07) is 0. The summed E-state index contributed by atoms with van der Waals surface area (Å²) in [5, 5.41) is 8.79. The summed E-state index contributed by atoms with van der Waals surface area (Å²) in [6.07, 6.45) is 3.23. The van der Waals surface area contributed by atoms with E-state index in [1.165, 1.54) is 0 Å². The van der Waals surface area contributed by atoms with Crippen LogP contribution in [0.1, 0.15) is 32.6 Å². The highest BCUT2D eigenvalue weighted by Gasteiger charge is 2.45. The Hall–Kier alpha value is -0.570. The molecule has 1 N–H and O–H groups in total. The van der Waals surface area contributed by atoms with Crippen molar-refractivity contribution in [1.82, 2.24) is 0 Å². The Bertz CT molecular complexity index is 149. The van der Waals surface area contributed by atoms with Gasteiger partial charge in [-0.2, -0.15) is 0 Å². The van der Waals surface area contributed by atoms with Crippen LogP contribution in [-0.4, -0.2) is 23.3 Å². The first-order chi connectivity index (χ1) is 5.21. The van der Waals surface area contributed by atoms with Crippen LogP contribution in [0.25, 0.3) is 0 Å². The van der Waals surface area contributed by atoms with Crippen molar-refractivity contribution in [2.45, 2.75) is 38.2 Å². The maximum absolute atomic E-state index is 10.7. The summed E-state index contributed by atoms with van der Waals surface area (Å²) >= 11 is 0. The average Bonchev–Trinajstić information content (AvgIpc) is 1.85. The lowest BCUT2D eigenvalue weighted by molar-refractivity contribution is -0.178. The van der Waals surface area contributed by atoms with Gasteiger partial charge in [0.05, 0.1) is 0 Å². The molecule has 0 radical (unpaired) electrons. The smallest absolute Gasteiger partial charge is 0.335 e. The number of carboxylic acid groups (broad SMARTS) is 1. The van der Waals surface area contributed by atoms with E-state index in [1.807, 2.05) is 6.92 Å². The van der Waals surface area contributed by atoms with E-state index in [4.69, 9.17) is 9.84 Å². The fraction of sp³-hybridized carbons (Fsp3) is 0.875. The van der Waals surface area contributed by atoms with Gasteiger partial charge in [0, 0.05) is 6.61 Å². The van der Waals surface area contributed by atoms with Gasteiger partial charge in [0.2, 0.25) is 0 Å². The standard InChI is InChI=1S/C8H14O3/c1-2-6-11-8(7(9)10)4-3-5-8/h2-6H2,1H3,(H,9,10). The molecular weight excluding hydrogens is 144 g/mol. The van der Waals surface area contributed by atoms with Crippen LogP contribution in [0.15, 0.2) is 0 Å². The van der Waals surface area contributed by atoms with Gasteiger partial charge >= 0.3 is 5.97 Å². The zero-order valence-corrected chi connectivity index (χ0v) is 6.80. The second kappa shape index (κ2) is 3.22. The van der Waals surface area contributed by atoms with Gasteiger partial charge in [0.15, 0.2) is 5.60 Å². The van der Waals surface area contributed by atoms with Gasteiger partial charge in [-0.15, -0.1) is 0 Å². The molecule has 11 heavy (non-hydrogen) atoms. The predicted octanol–water partition coefficient (Wildman–Crippen LogP) is 1.42. The topological polar surface area (TPSA) is 46.5 Å². The summed E-state index contributed by atoms with van der Waals surface area (Å²) in [5.41, 5.74) is -0.810. The van der Waals surface area contributed by atoms with Crippen LogP contribution in [0, 0.1) is 0 Å². The van der Waals surface area contributed by atoms with Crippen molar-refractivity contribution in [2.75, 3.05) is 6.61 Å². The Morgan fingerprint density at radius 2 is 2.27 bits per heavy atom. The number of hydrogen-bond donors (Lipinski definition) is 1. The number of carbonyl (C=O) groups is 1. The third kappa shape index (κ3) is 1.53. The molecule has 0 bridgehead atoms. The van der Waals surface area contributed by atoms with Crippen LogP contribution in [0.4, 0.5) is 0 Å². The fourth-order valence-corrected chi connectivity index (χ4v) is 1.22. The first-order valence-electron chi connectivity index (χ1n) is 4.08. The number of ether oxygens (including phenoxy) is 1. The van der Waals surface area contributed by atoms with Crippen LogP contribution >= 0.6 is 0 Å². The lowest BCUT2D eigenvalue weighted by Crippen LogP contribution is -2.47. The van der Waals surface area contributed by atoms with Crippen LogP contribution in [-0.2, 0) is 9.53 Å². The molecule has 1 aliphatic rings. The largest absolute Gasteiger partial charge is 0.479 e. The SMILES string of the molecule is CCCOC1(C(=O)O)CCC1. The second-order valence-electron chi connectivity index (χ2n) is 3.00. The highest BCUT2D eigenvalue weighted by molar-refractivity contribution is 5.78. The van der Waals surface area contributed by atoms with Gasteiger partial charge in [-0.3, -0.25) is 0 Å². The molecule has 0 heterocycles. The van der Waals surface area contributed by atoms with Crippen LogP contribution in [0.5, 0.6) is 0 Å². The van der Waals surface area contributed by atoms with Crippen molar-refractivity contribution < 1.29 is 14.6 Å². The van der Waals surface area contributed by atoms with E-state index in [0.717, 1.165) is 12.8 Å². The Morgan fingerprint density at radius 1 is 1.64 bits per heavy atom. The lowest BCUT2D eigenvalue weighted by Gasteiger charge is -2.37. The van der Waals surface area contributed by atoms with Gasteiger partial charge in [0.25, 0.3) is 0 Å². The highest BCUT2D eigenvalue weighted by atomic mass is 16.5. The fourth-order valence-electron chi connectivity index (χ4n) is 1.22. The van der Waals surface area contributed by atoms with E-state index >= 15 is 0 Å². The molecule has 64 valence electrons. The van der Waals surface area contributed by atoms with E-state index in [0.29, 0.717) is 19.4 Å². The minimum atomic E-state index is -0.810. The zero-order valence-electron chi connectivity index (χ0n) is 6.80. The average molecular weight is 158 g/mol. The summed E-state index contributed by atoms with van der Waals surface area (Å²) in [5.74, 6) is -0.794. The molecule has 3 nitrogen and oxygen atoms in total. The summed E-state index contributed by atoms with van der Waals surface area (Å²) < 4.78 is 5.28. The molecule has 0 aromatic carbocycles. The van der Waals surface area contributed by atoms with Crippen molar-refractivity contribution in [2.24, 2.45) is 0 Å². The molecule has 0 amide bonds. The van der Waals surface area contributed by atoms with Crippen molar-refractivity contribution in [3.63, 3.8) is 0 Å². The van der Waals surface area contributed by atoms with Gasteiger partial charge in [-0.05, 0) is 25.7 Å². The first kappa shape index (κ1) is 8.53. The van der Waals surface area contributed by atoms with Crippen molar-refractivity contribution >= 4 is 5.97 Å². The molecule has 1 saturated carbocycles. The maximum atomic E-state index is 10.7. The Labute approximate surface area is 66.4 Å². The Balaban J connectivity index is 2.40. The third-order valence-electron chi connectivity index (χ3n) is 2.13. The molecule has 1 aliphatic carbocycles. The van der Waals surface area contributed by atoms with Crippen LogP contribution < -0.4 is 0 Å². The molecule has 0 spiro atoms. The number of rotatable bonds is 4. The molecule has 1 fully saturated rings. The molecule has 0 atom stereocenters.